The van der Waals surface area contributed by atoms with Gasteiger partial charge in [-0.1, -0.05) is 39.0 Å². The van der Waals surface area contributed by atoms with Gasteiger partial charge in [-0.25, -0.2) is 52.7 Å². The van der Waals surface area contributed by atoms with Gasteiger partial charge in [-0.2, -0.15) is 0 Å². The molecule has 0 bridgehead atoms. The molecule has 202 valence electrons. The van der Waals surface area contributed by atoms with Crippen LogP contribution < -0.4 is 10.6 Å². The quantitative estimate of drug-likeness (QED) is 0.0807. The summed E-state index contributed by atoms with van der Waals surface area (Å²) in [6.07, 6.45) is 2.30. The SMILES string of the molecule is CCCCCCCCP(c1c(F)c(F)c(F)c(F)c1F)c1c(F)c(F)c(F)c2c(F)c(F)c(F)c(F)c12. The molecule has 0 fully saturated rings. The predicted molar refractivity (Wildman–Crippen MR) is 114 cm³/mol. The fourth-order valence-electron chi connectivity index (χ4n) is 3.95. The molecule has 13 heteroatoms. The van der Waals surface area contributed by atoms with E-state index in [0.29, 0.717) is 12.8 Å². The summed E-state index contributed by atoms with van der Waals surface area (Å²) in [6, 6.07) is 0. The number of hydrogen-bond donors (Lipinski definition) is 0. The van der Waals surface area contributed by atoms with E-state index in [2.05, 4.69) is 0 Å². The van der Waals surface area contributed by atoms with Gasteiger partial charge in [0.15, 0.2) is 64.0 Å². The van der Waals surface area contributed by atoms with Gasteiger partial charge >= 0.3 is 0 Å². The first kappa shape index (κ1) is 29.1. The second kappa shape index (κ2) is 11.5. The highest BCUT2D eigenvalue weighted by molar-refractivity contribution is 7.73. The standard InChI is InChI=1S/C24H17F12P/c1-2-3-4-5-6-7-8-37(24-21(35)18(32)17(31)19(33)22(24)36)23-10-9(12(26)16(30)20(23)34)11(25)14(28)15(29)13(10)27/h2-8H2,1H3. The van der Waals surface area contributed by atoms with Crippen LogP contribution in [0.3, 0.4) is 0 Å². The minimum absolute atomic E-state index is 0.109. The molecule has 1 atom stereocenters. The minimum atomic E-state index is -3.34. The number of fused-ring (bicyclic) bond motifs is 1. The Kier molecular flexibility index (Phi) is 9.03. The first-order valence-corrected chi connectivity index (χ1v) is 12.5. The van der Waals surface area contributed by atoms with Crippen molar-refractivity contribution in [2.45, 2.75) is 45.4 Å². The van der Waals surface area contributed by atoms with E-state index in [0.717, 1.165) is 12.8 Å². The molecule has 0 heterocycles. The van der Waals surface area contributed by atoms with Gasteiger partial charge in [0.1, 0.15) is 0 Å². The van der Waals surface area contributed by atoms with Crippen molar-refractivity contribution in [2.24, 2.45) is 0 Å². The average Bonchev–Trinajstić information content (AvgIpc) is 2.88. The van der Waals surface area contributed by atoms with Crippen molar-refractivity contribution < 1.29 is 52.7 Å². The first-order valence-electron chi connectivity index (χ1n) is 11.0. The monoisotopic (exact) mass is 564 g/mol. The molecule has 0 nitrogen and oxygen atoms in total. The molecule has 0 saturated carbocycles. The van der Waals surface area contributed by atoms with E-state index in [1.165, 1.54) is 0 Å². The van der Waals surface area contributed by atoms with Gasteiger partial charge in [0.05, 0.1) is 10.7 Å². The highest BCUT2D eigenvalue weighted by atomic mass is 31.1. The number of halogens is 12. The van der Waals surface area contributed by atoms with E-state index in [4.69, 9.17) is 0 Å². The van der Waals surface area contributed by atoms with Gasteiger partial charge in [-0.05, 0) is 20.5 Å². The molecular formula is C24H17F12P. The maximum Gasteiger partial charge on any atom is 0.200 e. The summed E-state index contributed by atoms with van der Waals surface area (Å²) in [5.41, 5.74) is 0. The van der Waals surface area contributed by atoms with E-state index < -0.39 is 105 Å². The van der Waals surface area contributed by atoms with Crippen molar-refractivity contribution in [3.63, 3.8) is 0 Å². The zero-order chi connectivity index (χ0) is 27.8. The molecule has 0 saturated heterocycles. The Morgan fingerprint density at radius 2 is 0.730 bits per heavy atom. The summed E-state index contributed by atoms with van der Waals surface area (Å²) in [4.78, 5) is 0. The van der Waals surface area contributed by atoms with E-state index in [9.17, 15) is 48.3 Å². The molecule has 37 heavy (non-hydrogen) atoms. The topological polar surface area (TPSA) is 0 Å². The van der Waals surface area contributed by atoms with E-state index in [1.54, 1.807) is 0 Å². The molecule has 1 unspecified atom stereocenters. The molecule has 3 aromatic rings. The number of rotatable bonds is 9. The summed E-state index contributed by atoms with van der Waals surface area (Å²) in [5, 5.41) is -6.90. The lowest BCUT2D eigenvalue weighted by molar-refractivity contribution is 0.384. The third-order valence-electron chi connectivity index (χ3n) is 5.78. The second-order valence-corrected chi connectivity index (χ2v) is 10.3. The Balaban J connectivity index is 2.39. The maximum absolute atomic E-state index is 15.1. The Morgan fingerprint density at radius 3 is 1.24 bits per heavy atom. The zero-order valence-corrected chi connectivity index (χ0v) is 19.8. The van der Waals surface area contributed by atoms with E-state index in [-0.39, 0.29) is 12.8 Å². The highest BCUT2D eigenvalue weighted by Crippen LogP contribution is 2.44. The molecule has 0 spiro atoms. The van der Waals surface area contributed by atoms with E-state index >= 15 is 4.39 Å². The molecule has 3 aromatic carbocycles. The lowest BCUT2D eigenvalue weighted by Crippen LogP contribution is -2.28. The Hall–Kier alpha value is -2.49. The fraction of sp³-hybridized carbons (Fsp3) is 0.333. The van der Waals surface area contributed by atoms with Crippen molar-refractivity contribution in [3.8, 4) is 0 Å². The van der Waals surface area contributed by atoms with Crippen molar-refractivity contribution >= 4 is 29.3 Å². The lowest BCUT2D eigenvalue weighted by atomic mass is 10.1. The zero-order valence-electron chi connectivity index (χ0n) is 18.9. The molecule has 0 radical (unpaired) electrons. The molecule has 3 rings (SSSR count). The van der Waals surface area contributed by atoms with Crippen LogP contribution >= 0.6 is 7.92 Å². The van der Waals surface area contributed by atoms with Crippen LogP contribution in [-0.2, 0) is 0 Å². The molecule has 0 aromatic heterocycles. The summed E-state index contributed by atoms with van der Waals surface area (Å²) in [7, 11) is -3.34. The normalized spacial score (nSPS) is 12.6. The molecule has 0 aliphatic heterocycles. The largest absolute Gasteiger partial charge is 0.203 e. The van der Waals surface area contributed by atoms with Crippen LogP contribution in [0.2, 0.25) is 0 Å². The molecule has 0 N–H and O–H groups in total. The van der Waals surface area contributed by atoms with E-state index in [1.807, 2.05) is 6.92 Å². The average molecular weight is 564 g/mol. The summed E-state index contributed by atoms with van der Waals surface area (Å²) >= 11 is 0. The minimum Gasteiger partial charge on any atom is -0.203 e. The van der Waals surface area contributed by atoms with Gasteiger partial charge in [0, 0.05) is 10.7 Å². The lowest BCUT2D eigenvalue weighted by Gasteiger charge is -2.24. The summed E-state index contributed by atoms with van der Waals surface area (Å²) < 4.78 is 172. The van der Waals surface area contributed by atoms with Gasteiger partial charge in [0.2, 0.25) is 5.82 Å². The predicted octanol–water partition coefficient (Wildman–Crippen LogP) is 8.30. The van der Waals surface area contributed by atoms with Crippen molar-refractivity contribution in [2.75, 3.05) is 6.16 Å². The van der Waals surface area contributed by atoms with Crippen LogP contribution in [-0.4, -0.2) is 6.16 Å². The van der Waals surface area contributed by atoms with Crippen LogP contribution in [0, 0.1) is 69.8 Å². The van der Waals surface area contributed by atoms with Crippen molar-refractivity contribution in [3.05, 3.63) is 69.8 Å². The Labute approximate surface area is 204 Å². The second-order valence-electron chi connectivity index (χ2n) is 8.13. The summed E-state index contributed by atoms with van der Waals surface area (Å²) in [5.74, 6) is -29.9. The third-order valence-corrected chi connectivity index (χ3v) is 8.43. The first-order chi connectivity index (χ1) is 17.4. The number of benzene rings is 3. The van der Waals surface area contributed by atoms with Crippen LogP contribution in [0.1, 0.15) is 45.4 Å². The van der Waals surface area contributed by atoms with Gasteiger partial charge < -0.3 is 0 Å². The molecule has 0 aliphatic carbocycles. The van der Waals surface area contributed by atoms with Crippen LogP contribution in [0.25, 0.3) is 10.8 Å². The van der Waals surface area contributed by atoms with Gasteiger partial charge in [0.25, 0.3) is 0 Å². The Morgan fingerprint density at radius 1 is 0.378 bits per heavy atom. The van der Waals surface area contributed by atoms with Crippen molar-refractivity contribution in [1.29, 1.82) is 0 Å². The Bertz CT molecular complexity index is 1320. The molecule has 0 amide bonds. The fourth-order valence-corrected chi connectivity index (χ4v) is 6.65. The summed E-state index contributed by atoms with van der Waals surface area (Å²) in [6.45, 7) is 1.90. The van der Waals surface area contributed by atoms with Crippen LogP contribution in [0.5, 0.6) is 0 Å². The molecule has 0 aliphatic rings. The van der Waals surface area contributed by atoms with Crippen molar-refractivity contribution in [1.82, 2.24) is 0 Å². The maximum atomic E-state index is 15.1. The van der Waals surface area contributed by atoms with Gasteiger partial charge in [-0.15, -0.1) is 0 Å². The van der Waals surface area contributed by atoms with Gasteiger partial charge in [-0.3, -0.25) is 0 Å². The molecular weight excluding hydrogens is 547 g/mol. The number of hydrogen-bond acceptors (Lipinski definition) is 0. The smallest absolute Gasteiger partial charge is 0.200 e. The number of unbranched alkanes of at least 4 members (excludes halogenated alkanes) is 5. The highest BCUT2D eigenvalue weighted by Gasteiger charge is 2.37. The van der Waals surface area contributed by atoms with Crippen LogP contribution in [0.15, 0.2) is 0 Å². The third kappa shape index (κ3) is 5.01. The van der Waals surface area contributed by atoms with Crippen LogP contribution in [0.4, 0.5) is 52.7 Å².